The molecule has 18 heavy (non-hydrogen) atoms. The fourth-order valence-corrected chi connectivity index (χ4v) is 1.58. The molecule has 3 heterocycles. The number of pyridine rings is 1. The zero-order chi connectivity index (χ0) is 12.4. The van der Waals surface area contributed by atoms with E-state index >= 15 is 0 Å². The summed E-state index contributed by atoms with van der Waals surface area (Å²) >= 11 is 5.92. The Morgan fingerprint density at radius 2 is 2.11 bits per heavy atom. The lowest BCUT2D eigenvalue weighted by Gasteiger charge is -1.94. The normalized spacial score (nSPS) is 10.5. The Morgan fingerprint density at radius 3 is 2.89 bits per heavy atom. The van der Waals surface area contributed by atoms with Crippen molar-refractivity contribution < 1.29 is 4.52 Å². The predicted molar refractivity (Wildman–Crippen MR) is 63.6 cm³/mol. The number of halogens is 1. The van der Waals surface area contributed by atoms with E-state index < -0.39 is 0 Å². The van der Waals surface area contributed by atoms with Gasteiger partial charge in [-0.2, -0.15) is 4.98 Å². The molecule has 0 atom stereocenters. The number of rotatable bonds is 2. The monoisotopic (exact) mass is 259 g/mol. The van der Waals surface area contributed by atoms with Crippen LogP contribution in [0, 0.1) is 0 Å². The van der Waals surface area contributed by atoms with Crippen molar-refractivity contribution in [2.75, 3.05) is 0 Å². The lowest BCUT2D eigenvalue weighted by atomic mass is 10.3. The molecule has 0 unspecified atom stereocenters. The summed E-state index contributed by atoms with van der Waals surface area (Å²) in [6.07, 6.45) is 6.20. The van der Waals surface area contributed by atoms with Gasteiger partial charge in [-0.15, -0.1) is 0 Å². The standard InChI is InChI=1S/C11H6ClN5O/c12-9-8(5-14-6-15-9)11-16-10(17-18-11)7-2-1-3-13-4-7/h1-6H. The van der Waals surface area contributed by atoms with Crippen LogP contribution in [0.3, 0.4) is 0 Å². The fraction of sp³-hybridized carbons (Fsp3) is 0. The third-order valence-corrected chi connectivity index (χ3v) is 2.54. The molecule has 0 saturated heterocycles. The molecule has 0 spiro atoms. The Kier molecular flexibility index (Phi) is 2.70. The van der Waals surface area contributed by atoms with Gasteiger partial charge in [0.05, 0.1) is 5.56 Å². The molecule has 0 amide bonds. The Balaban J connectivity index is 2.03. The van der Waals surface area contributed by atoms with E-state index in [9.17, 15) is 0 Å². The lowest BCUT2D eigenvalue weighted by molar-refractivity contribution is 0.432. The summed E-state index contributed by atoms with van der Waals surface area (Å²) in [6.45, 7) is 0. The highest BCUT2D eigenvalue weighted by Crippen LogP contribution is 2.25. The molecule has 0 aliphatic rings. The van der Waals surface area contributed by atoms with Gasteiger partial charge in [0.25, 0.3) is 5.89 Å². The Morgan fingerprint density at radius 1 is 1.17 bits per heavy atom. The van der Waals surface area contributed by atoms with Gasteiger partial charge in [-0.1, -0.05) is 16.8 Å². The largest absolute Gasteiger partial charge is 0.333 e. The molecule has 6 nitrogen and oxygen atoms in total. The molecule has 3 aromatic heterocycles. The van der Waals surface area contributed by atoms with Crippen LogP contribution in [0.25, 0.3) is 22.8 Å². The van der Waals surface area contributed by atoms with Crippen LogP contribution in [0.15, 0.2) is 41.6 Å². The summed E-state index contributed by atoms with van der Waals surface area (Å²) < 4.78 is 5.13. The van der Waals surface area contributed by atoms with E-state index in [4.69, 9.17) is 16.1 Å². The summed E-state index contributed by atoms with van der Waals surface area (Å²) in [5.74, 6) is 0.720. The first kappa shape index (κ1) is 10.8. The maximum atomic E-state index is 5.92. The van der Waals surface area contributed by atoms with E-state index in [1.165, 1.54) is 12.5 Å². The minimum Gasteiger partial charge on any atom is -0.333 e. The molecule has 0 radical (unpaired) electrons. The SMILES string of the molecule is Clc1ncncc1-c1nc(-c2cccnc2)no1. The zero-order valence-corrected chi connectivity index (χ0v) is 9.74. The van der Waals surface area contributed by atoms with Crippen LogP contribution >= 0.6 is 11.6 Å². The van der Waals surface area contributed by atoms with Gasteiger partial charge in [-0.25, -0.2) is 9.97 Å². The van der Waals surface area contributed by atoms with E-state index in [0.29, 0.717) is 11.4 Å². The van der Waals surface area contributed by atoms with E-state index in [-0.39, 0.29) is 11.0 Å². The summed E-state index contributed by atoms with van der Waals surface area (Å²) in [5.41, 5.74) is 1.27. The lowest BCUT2D eigenvalue weighted by Crippen LogP contribution is -1.86. The number of aromatic nitrogens is 5. The zero-order valence-electron chi connectivity index (χ0n) is 8.99. The van der Waals surface area contributed by atoms with Crippen molar-refractivity contribution in [3.63, 3.8) is 0 Å². The first-order valence-electron chi connectivity index (χ1n) is 5.04. The van der Waals surface area contributed by atoms with E-state index in [1.54, 1.807) is 18.5 Å². The van der Waals surface area contributed by atoms with Gasteiger partial charge >= 0.3 is 0 Å². The van der Waals surface area contributed by atoms with Crippen LogP contribution in [0.4, 0.5) is 0 Å². The molecular formula is C11H6ClN5O. The summed E-state index contributed by atoms with van der Waals surface area (Å²) in [6, 6.07) is 3.63. The maximum Gasteiger partial charge on any atom is 0.262 e. The van der Waals surface area contributed by atoms with Gasteiger partial charge < -0.3 is 4.52 Å². The highest BCUT2D eigenvalue weighted by atomic mass is 35.5. The quantitative estimate of drug-likeness (QED) is 0.657. The van der Waals surface area contributed by atoms with Gasteiger partial charge in [-0.3, -0.25) is 4.98 Å². The third kappa shape index (κ3) is 1.93. The van der Waals surface area contributed by atoms with Crippen molar-refractivity contribution in [1.29, 1.82) is 0 Å². The fourth-order valence-electron chi connectivity index (χ4n) is 1.40. The number of hydrogen-bond donors (Lipinski definition) is 0. The van der Waals surface area contributed by atoms with Crippen molar-refractivity contribution >= 4 is 11.6 Å². The second-order valence-electron chi connectivity index (χ2n) is 3.39. The highest BCUT2D eigenvalue weighted by Gasteiger charge is 2.14. The summed E-state index contributed by atoms with van der Waals surface area (Å²) in [4.78, 5) is 15.9. The first-order valence-corrected chi connectivity index (χ1v) is 5.42. The predicted octanol–water partition coefficient (Wildman–Crippen LogP) is 2.24. The molecule has 0 N–H and O–H groups in total. The maximum absolute atomic E-state index is 5.92. The van der Waals surface area contributed by atoms with Gasteiger partial charge in [-0.05, 0) is 12.1 Å². The molecule has 0 aliphatic carbocycles. The average Bonchev–Trinajstić information content (AvgIpc) is 2.90. The van der Waals surface area contributed by atoms with Crippen LogP contribution in [-0.2, 0) is 0 Å². The second-order valence-corrected chi connectivity index (χ2v) is 3.75. The molecule has 0 fully saturated rings. The molecule has 0 aromatic carbocycles. The summed E-state index contributed by atoms with van der Waals surface area (Å²) in [5, 5.41) is 4.13. The van der Waals surface area contributed by atoms with Crippen LogP contribution < -0.4 is 0 Å². The molecular weight excluding hydrogens is 254 g/mol. The van der Waals surface area contributed by atoms with Crippen molar-refractivity contribution in [3.05, 3.63) is 42.2 Å². The van der Waals surface area contributed by atoms with Crippen LogP contribution in [0.5, 0.6) is 0 Å². The van der Waals surface area contributed by atoms with Crippen LogP contribution in [0.2, 0.25) is 5.15 Å². The van der Waals surface area contributed by atoms with Crippen molar-refractivity contribution in [2.24, 2.45) is 0 Å². The molecule has 88 valence electrons. The van der Waals surface area contributed by atoms with Gasteiger partial charge in [0.1, 0.15) is 11.5 Å². The smallest absolute Gasteiger partial charge is 0.262 e. The Bertz CT molecular complexity index is 670. The number of nitrogens with zero attached hydrogens (tertiary/aromatic N) is 5. The van der Waals surface area contributed by atoms with Crippen LogP contribution in [0.1, 0.15) is 0 Å². The minimum atomic E-state index is 0.270. The average molecular weight is 260 g/mol. The Labute approximate surface area is 107 Å². The third-order valence-electron chi connectivity index (χ3n) is 2.24. The molecule has 7 heteroatoms. The molecule has 0 bridgehead atoms. The van der Waals surface area contributed by atoms with Crippen molar-refractivity contribution in [1.82, 2.24) is 25.1 Å². The molecule has 0 aliphatic heterocycles. The van der Waals surface area contributed by atoms with E-state index in [2.05, 4.69) is 25.1 Å². The van der Waals surface area contributed by atoms with Crippen molar-refractivity contribution in [2.45, 2.75) is 0 Å². The number of hydrogen-bond acceptors (Lipinski definition) is 6. The van der Waals surface area contributed by atoms with Gasteiger partial charge in [0, 0.05) is 24.2 Å². The Hall–Kier alpha value is -2.34. The molecule has 3 rings (SSSR count). The summed E-state index contributed by atoms with van der Waals surface area (Å²) in [7, 11) is 0. The first-order chi connectivity index (χ1) is 8.84. The molecule has 0 saturated carbocycles. The highest BCUT2D eigenvalue weighted by molar-refractivity contribution is 6.31. The van der Waals surface area contributed by atoms with E-state index in [1.807, 2.05) is 6.07 Å². The second kappa shape index (κ2) is 4.50. The molecule has 3 aromatic rings. The van der Waals surface area contributed by atoms with Gasteiger partial charge in [0.15, 0.2) is 0 Å². The topological polar surface area (TPSA) is 77.6 Å². The van der Waals surface area contributed by atoms with Crippen molar-refractivity contribution in [3.8, 4) is 22.8 Å². The van der Waals surface area contributed by atoms with Gasteiger partial charge in [0.2, 0.25) is 5.82 Å². The van der Waals surface area contributed by atoms with Crippen LogP contribution in [-0.4, -0.2) is 25.1 Å². The van der Waals surface area contributed by atoms with E-state index in [0.717, 1.165) is 5.56 Å². The minimum absolute atomic E-state index is 0.270.